The molecule has 3 rings (SSSR count). The maximum absolute atomic E-state index is 12.5. The second-order valence-electron chi connectivity index (χ2n) is 6.41. The molecule has 1 fully saturated rings. The van der Waals surface area contributed by atoms with Crippen molar-refractivity contribution in [3.63, 3.8) is 0 Å². The lowest BCUT2D eigenvalue weighted by atomic mass is 10.1. The van der Waals surface area contributed by atoms with Crippen LogP contribution >= 0.6 is 23.4 Å². The van der Waals surface area contributed by atoms with E-state index in [9.17, 15) is 4.79 Å². The number of rotatable bonds is 6. The highest BCUT2D eigenvalue weighted by molar-refractivity contribution is 8.00. The summed E-state index contributed by atoms with van der Waals surface area (Å²) in [6, 6.07) is 5.51. The van der Waals surface area contributed by atoms with Crippen LogP contribution in [0.1, 0.15) is 37.6 Å². The zero-order valence-electron chi connectivity index (χ0n) is 15.0. The van der Waals surface area contributed by atoms with Gasteiger partial charge < -0.3 is 9.64 Å². The normalized spacial score (nSPS) is 15.7. The standard InChI is InChI=1S/C18H23ClN4O2S/c1-12-10-14(6-7-15(12)19)25-11-16-20-18(22-21-16)26-13(2)17(24)23-8-4-3-5-9-23/h6-7,10,13H,3-5,8-9,11H2,1-2H3,(H,20,21,22)/t13-/m0/s1. The summed E-state index contributed by atoms with van der Waals surface area (Å²) in [5.41, 5.74) is 0.961. The molecule has 6 nitrogen and oxygen atoms in total. The van der Waals surface area contributed by atoms with Crippen LogP contribution in [-0.4, -0.2) is 44.3 Å². The Morgan fingerprint density at radius 2 is 2.15 bits per heavy atom. The van der Waals surface area contributed by atoms with E-state index >= 15 is 0 Å². The summed E-state index contributed by atoms with van der Waals surface area (Å²) in [5.74, 6) is 1.51. The Bertz CT molecular complexity index is 761. The molecule has 1 aromatic heterocycles. The Kier molecular flexibility index (Phi) is 6.43. The number of ether oxygens (including phenoxy) is 1. The summed E-state index contributed by atoms with van der Waals surface area (Å²) < 4.78 is 5.71. The highest BCUT2D eigenvalue weighted by Gasteiger charge is 2.24. The highest BCUT2D eigenvalue weighted by atomic mass is 35.5. The summed E-state index contributed by atoms with van der Waals surface area (Å²) >= 11 is 7.39. The average Bonchev–Trinajstić information content (AvgIpc) is 3.10. The molecule has 2 heterocycles. The van der Waals surface area contributed by atoms with Gasteiger partial charge in [-0.1, -0.05) is 23.4 Å². The van der Waals surface area contributed by atoms with Gasteiger partial charge in [0, 0.05) is 18.1 Å². The van der Waals surface area contributed by atoms with E-state index in [2.05, 4.69) is 15.2 Å². The Morgan fingerprint density at radius 3 is 2.88 bits per heavy atom. The quantitative estimate of drug-likeness (QED) is 0.753. The van der Waals surface area contributed by atoms with Crippen molar-refractivity contribution in [3.05, 3.63) is 34.6 Å². The molecule has 1 amide bonds. The van der Waals surface area contributed by atoms with E-state index in [0.717, 1.165) is 37.2 Å². The summed E-state index contributed by atoms with van der Waals surface area (Å²) in [6.45, 7) is 5.83. The fourth-order valence-corrected chi connectivity index (χ4v) is 3.78. The van der Waals surface area contributed by atoms with Gasteiger partial charge in [0.15, 0.2) is 5.82 Å². The van der Waals surface area contributed by atoms with Crippen molar-refractivity contribution >= 4 is 29.3 Å². The van der Waals surface area contributed by atoms with Crippen molar-refractivity contribution < 1.29 is 9.53 Å². The molecule has 1 atom stereocenters. The first-order valence-electron chi connectivity index (χ1n) is 8.78. The number of thioether (sulfide) groups is 1. The van der Waals surface area contributed by atoms with Crippen LogP contribution in [0.2, 0.25) is 5.02 Å². The first-order chi connectivity index (χ1) is 12.5. The number of amides is 1. The number of nitrogens with zero attached hydrogens (tertiary/aromatic N) is 3. The number of H-pyrrole nitrogens is 1. The molecule has 1 saturated heterocycles. The predicted octanol–water partition coefficient (Wildman–Crippen LogP) is 3.84. The van der Waals surface area contributed by atoms with Gasteiger partial charge in [-0.3, -0.25) is 9.89 Å². The lowest BCUT2D eigenvalue weighted by Gasteiger charge is -2.28. The summed E-state index contributed by atoms with van der Waals surface area (Å²) in [4.78, 5) is 18.8. The molecule has 0 unspecified atom stereocenters. The average molecular weight is 395 g/mol. The molecule has 0 bridgehead atoms. The van der Waals surface area contributed by atoms with E-state index in [1.54, 1.807) is 0 Å². The fourth-order valence-electron chi connectivity index (χ4n) is 2.83. The number of carbonyl (C=O) groups is 1. The van der Waals surface area contributed by atoms with Crippen molar-refractivity contribution in [2.45, 2.75) is 50.1 Å². The number of nitrogens with one attached hydrogen (secondary N) is 1. The molecule has 8 heteroatoms. The second-order valence-corrected chi connectivity index (χ2v) is 8.13. The van der Waals surface area contributed by atoms with Crippen LogP contribution in [-0.2, 0) is 11.4 Å². The SMILES string of the molecule is Cc1cc(OCc2nc(S[C@@H](C)C(=O)N3CCCCC3)n[nH]2)ccc1Cl. The highest BCUT2D eigenvalue weighted by Crippen LogP contribution is 2.24. The maximum atomic E-state index is 12.5. The van der Waals surface area contributed by atoms with Crippen molar-refractivity contribution in [2.75, 3.05) is 13.1 Å². The van der Waals surface area contributed by atoms with E-state index in [4.69, 9.17) is 16.3 Å². The second kappa shape index (κ2) is 8.77. The van der Waals surface area contributed by atoms with Gasteiger partial charge in [0.05, 0.1) is 5.25 Å². The maximum Gasteiger partial charge on any atom is 0.235 e. The lowest BCUT2D eigenvalue weighted by molar-refractivity contribution is -0.131. The number of aromatic nitrogens is 3. The zero-order chi connectivity index (χ0) is 18.5. The van der Waals surface area contributed by atoms with E-state index in [1.165, 1.54) is 18.2 Å². The molecule has 0 aliphatic carbocycles. The topological polar surface area (TPSA) is 71.1 Å². The zero-order valence-corrected chi connectivity index (χ0v) is 16.6. The van der Waals surface area contributed by atoms with Gasteiger partial charge in [-0.25, -0.2) is 4.98 Å². The summed E-state index contributed by atoms with van der Waals surface area (Å²) in [7, 11) is 0. The van der Waals surface area contributed by atoms with Gasteiger partial charge in [-0.15, -0.1) is 5.10 Å². The van der Waals surface area contributed by atoms with Gasteiger partial charge >= 0.3 is 0 Å². The molecular formula is C18H23ClN4O2S. The largest absolute Gasteiger partial charge is 0.486 e. The van der Waals surface area contributed by atoms with Crippen LogP contribution < -0.4 is 4.74 Å². The van der Waals surface area contributed by atoms with E-state index in [-0.39, 0.29) is 17.8 Å². The van der Waals surface area contributed by atoms with E-state index in [0.29, 0.717) is 16.0 Å². The number of halogens is 1. The predicted molar refractivity (Wildman–Crippen MR) is 103 cm³/mol. The number of benzene rings is 1. The van der Waals surface area contributed by atoms with Crippen molar-refractivity contribution in [2.24, 2.45) is 0 Å². The van der Waals surface area contributed by atoms with Crippen LogP contribution in [0.3, 0.4) is 0 Å². The Balaban J connectivity index is 1.52. The Hall–Kier alpha value is -1.73. The Labute approximate surface area is 162 Å². The number of aryl methyl sites for hydroxylation is 1. The minimum Gasteiger partial charge on any atom is -0.486 e. The van der Waals surface area contributed by atoms with Crippen molar-refractivity contribution in [1.29, 1.82) is 0 Å². The summed E-state index contributed by atoms with van der Waals surface area (Å²) in [5, 5.41) is 8.13. The molecule has 0 saturated carbocycles. The molecule has 1 aromatic carbocycles. The van der Waals surface area contributed by atoms with Crippen LogP contribution in [0.5, 0.6) is 5.75 Å². The molecule has 1 N–H and O–H groups in total. The molecular weight excluding hydrogens is 372 g/mol. The lowest BCUT2D eigenvalue weighted by Crippen LogP contribution is -2.40. The van der Waals surface area contributed by atoms with Crippen LogP contribution in [0.15, 0.2) is 23.4 Å². The number of carbonyl (C=O) groups excluding carboxylic acids is 1. The number of hydrogen-bond donors (Lipinski definition) is 1. The molecule has 26 heavy (non-hydrogen) atoms. The van der Waals surface area contributed by atoms with Gasteiger partial charge in [0.25, 0.3) is 0 Å². The molecule has 0 radical (unpaired) electrons. The fraction of sp³-hybridized carbons (Fsp3) is 0.500. The molecule has 2 aromatic rings. The molecule has 140 valence electrons. The minimum absolute atomic E-state index is 0.161. The Morgan fingerprint density at radius 1 is 1.38 bits per heavy atom. The third-order valence-corrected chi connectivity index (χ3v) is 5.69. The monoisotopic (exact) mass is 394 g/mol. The number of piperidine rings is 1. The van der Waals surface area contributed by atoms with E-state index < -0.39 is 0 Å². The van der Waals surface area contributed by atoms with Gasteiger partial charge in [0.2, 0.25) is 11.1 Å². The van der Waals surface area contributed by atoms with Crippen molar-refractivity contribution in [3.8, 4) is 5.75 Å². The molecule has 1 aliphatic rings. The van der Waals surface area contributed by atoms with Gasteiger partial charge in [-0.05, 0) is 56.9 Å². The number of hydrogen-bond acceptors (Lipinski definition) is 5. The molecule has 0 spiro atoms. The minimum atomic E-state index is -0.198. The number of aromatic amines is 1. The van der Waals surface area contributed by atoms with Crippen LogP contribution in [0, 0.1) is 6.92 Å². The number of likely N-dealkylation sites (tertiary alicyclic amines) is 1. The van der Waals surface area contributed by atoms with E-state index in [1.807, 2.05) is 36.9 Å². The van der Waals surface area contributed by atoms with Crippen LogP contribution in [0.4, 0.5) is 0 Å². The first-order valence-corrected chi connectivity index (χ1v) is 10.0. The van der Waals surface area contributed by atoms with Gasteiger partial charge in [0.1, 0.15) is 12.4 Å². The third-order valence-electron chi connectivity index (χ3n) is 4.31. The van der Waals surface area contributed by atoms with Crippen LogP contribution in [0.25, 0.3) is 0 Å². The smallest absolute Gasteiger partial charge is 0.235 e. The first kappa shape index (κ1) is 19.0. The van der Waals surface area contributed by atoms with Crippen molar-refractivity contribution in [1.82, 2.24) is 20.1 Å². The summed E-state index contributed by atoms with van der Waals surface area (Å²) in [6.07, 6.45) is 3.40. The molecule has 1 aliphatic heterocycles. The van der Waals surface area contributed by atoms with Gasteiger partial charge in [-0.2, -0.15) is 0 Å². The third kappa shape index (κ3) is 4.92.